The predicted octanol–water partition coefficient (Wildman–Crippen LogP) is 5.81. The Morgan fingerprint density at radius 1 is 1.00 bits per heavy atom. The number of Topliss-reactive ketones (excluding diaryl/α,β-unsaturated/α-hetero) is 1. The molecule has 0 N–H and O–H groups in total. The Morgan fingerprint density at radius 3 is 2.31 bits per heavy atom. The average Bonchev–Trinajstić information content (AvgIpc) is 2.80. The van der Waals surface area contributed by atoms with Gasteiger partial charge in [-0.1, -0.05) is 65.3 Å². The number of halogens is 1. The molecule has 0 aliphatic carbocycles. The van der Waals surface area contributed by atoms with Crippen molar-refractivity contribution in [1.82, 2.24) is 4.57 Å². The highest BCUT2D eigenvalue weighted by Crippen LogP contribution is 2.33. The Bertz CT molecular complexity index is 1350. The zero-order valence-corrected chi connectivity index (χ0v) is 20.2. The van der Waals surface area contributed by atoms with E-state index in [0.717, 1.165) is 31.4 Å². The van der Waals surface area contributed by atoms with Crippen molar-refractivity contribution in [2.45, 2.75) is 24.8 Å². The summed E-state index contributed by atoms with van der Waals surface area (Å²) in [6, 6.07) is 22.6. The van der Waals surface area contributed by atoms with Crippen LogP contribution in [0.1, 0.15) is 29.4 Å². The molecule has 0 amide bonds. The third-order valence-corrected chi connectivity index (χ3v) is 6.91. The first-order valence-electron chi connectivity index (χ1n) is 10.3. The van der Waals surface area contributed by atoms with E-state index >= 15 is 0 Å². The van der Waals surface area contributed by atoms with Gasteiger partial charge in [0.25, 0.3) is 5.56 Å². The van der Waals surface area contributed by atoms with E-state index in [9.17, 15) is 14.1 Å². The minimum atomic E-state index is -1.08. The first-order valence-corrected chi connectivity index (χ1v) is 12.6. The third kappa shape index (κ3) is 4.31. The van der Waals surface area contributed by atoms with Crippen molar-refractivity contribution in [2.24, 2.45) is 0 Å². The van der Waals surface area contributed by atoms with Gasteiger partial charge in [-0.15, -0.1) is 0 Å². The molecule has 1 atom stereocenters. The van der Waals surface area contributed by atoms with Crippen LogP contribution in [0.5, 0.6) is 0 Å². The second-order valence-corrected chi connectivity index (χ2v) is 9.84. The number of aromatic nitrogens is 1. The Labute approximate surface area is 198 Å². The van der Waals surface area contributed by atoms with Crippen molar-refractivity contribution in [3.05, 3.63) is 98.9 Å². The quantitative estimate of drug-likeness (QED) is 0.244. The fraction of sp³-hybridized carbons (Fsp3) is 0.154. The van der Waals surface area contributed by atoms with Gasteiger partial charge < -0.3 is 4.55 Å². The SMILES string of the molecule is CCC(=O)c1c(-c2ccccc2)c2cc(Br)ccc2c(=O)n1Cc1ccc([S+](C)[O-])cc1. The smallest absolute Gasteiger partial charge is 0.259 e. The standard InChI is InChI=1S/C26H22BrNO3S/c1-3-23(29)25-24(18-7-5-4-6-8-18)22-15-19(27)11-14-21(22)26(30)28(25)16-17-9-12-20(13-10-17)32(2)31/h4-15H,3,16H2,1-2H3. The number of nitrogens with zero attached hydrogens (tertiary/aromatic N) is 1. The molecule has 0 radical (unpaired) electrons. The van der Waals surface area contributed by atoms with Gasteiger partial charge >= 0.3 is 0 Å². The monoisotopic (exact) mass is 507 g/mol. The van der Waals surface area contributed by atoms with Gasteiger partial charge in [-0.25, -0.2) is 0 Å². The lowest BCUT2D eigenvalue weighted by Gasteiger charge is -2.19. The van der Waals surface area contributed by atoms with Crippen LogP contribution in [0.25, 0.3) is 21.9 Å². The number of hydrogen-bond acceptors (Lipinski definition) is 3. The van der Waals surface area contributed by atoms with E-state index in [1.807, 2.05) is 61.5 Å². The highest BCUT2D eigenvalue weighted by Gasteiger charge is 2.22. The second-order valence-electron chi connectivity index (χ2n) is 7.55. The summed E-state index contributed by atoms with van der Waals surface area (Å²) in [5.41, 5.74) is 2.73. The summed E-state index contributed by atoms with van der Waals surface area (Å²) in [5, 5.41) is 1.31. The summed E-state index contributed by atoms with van der Waals surface area (Å²) in [5.74, 6) is -0.0888. The Balaban J connectivity index is 2.03. The number of benzene rings is 3. The fourth-order valence-electron chi connectivity index (χ4n) is 3.89. The van der Waals surface area contributed by atoms with Crippen LogP contribution in [0.4, 0.5) is 0 Å². The highest BCUT2D eigenvalue weighted by atomic mass is 79.9. The molecule has 0 aliphatic heterocycles. The molecule has 1 heterocycles. The van der Waals surface area contributed by atoms with Gasteiger partial charge in [-0.2, -0.15) is 0 Å². The molecule has 0 saturated heterocycles. The molecule has 4 aromatic rings. The molecule has 0 fully saturated rings. The molecule has 32 heavy (non-hydrogen) atoms. The fourth-order valence-corrected chi connectivity index (χ4v) is 4.77. The van der Waals surface area contributed by atoms with Crippen LogP contribution in [0.3, 0.4) is 0 Å². The van der Waals surface area contributed by atoms with Crippen LogP contribution < -0.4 is 5.56 Å². The zero-order chi connectivity index (χ0) is 22.8. The summed E-state index contributed by atoms with van der Waals surface area (Å²) in [6.45, 7) is 2.06. The Kier molecular flexibility index (Phi) is 6.65. The number of fused-ring (bicyclic) bond motifs is 1. The second kappa shape index (κ2) is 9.45. The maximum atomic E-state index is 13.6. The Morgan fingerprint density at radius 2 is 1.69 bits per heavy atom. The van der Waals surface area contributed by atoms with Crippen LogP contribution in [0, 0.1) is 0 Å². The van der Waals surface area contributed by atoms with Gasteiger partial charge in [0.2, 0.25) is 0 Å². The molecule has 4 rings (SSSR count). The molecular formula is C26H22BrNO3S. The van der Waals surface area contributed by atoms with Crippen molar-refractivity contribution >= 4 is 43.7 Å². The van der Waals surface area contributed by atoms with Gasteiger partial charge in [0, 0.05) is 21.8 Å². The summed E-state index contributed by atoms with van der Waals surface area (Å²) < 4.78 is 14.2. The van der Waals surface area contributed by atoms with E-state index in [2.05, 4.69) is 15.9 Å². The number of pyridine rings is 1. The van der Waals surface area contributed by atoms with E-state index in [0.29, 0.717) is 11.1 Å². The maximum absolute atomic E-state index is 13.6. The maximum Gasteiger partial charge on any atom is 0.259 e. The van der Waals surface area contributed by atoms with Crippen molar-refractivity contribution in [3.63, 3.8) is 0 Å². The van der Waals surface area contributed by atoms with E-state index in [1.54, 1.807) is 29.0 Å². The molecule has 162 valence electrons. The van der Waals surface area contributed by atoms with E-state index in [4.69, 9.17) is 0 Å². The van der Waals surface area contributed by atoms with Crippen molar-refractivity contribution in [1.29, 1.82) is 0 Å². The largest absolute Gasteiger partial charge is 0.612 e. The molecule has 1 aromatic heterocycles. The average molecular weight is 508 g/mol. The Hall–Kier alpha value is -2.67. The van der Waals surface area contributed by atoms with Crippen molar-refractivity contribution in [2.75, 3.05) is 6.26 Å². The van der Waals surface area contributed by atoms with Crippen LogP contribution in [0.15, 0.2) is 87.0 Å². The predicted molar refractivity (Wildman–Crippen MR) is 134 cm³/mol. The highest BCUT2D eigenvalue weighted by molar-refractivity contribution is 9.10. The summed E-state index contributed by atoms with van der Waals surface area (Å²) in [7, 11) is 0. The summed E-state index contributed by atoms with van der Waals surface area (Å²) in [4.78, 5) is 27.5. The van der Waals surface area contributed by atoms with Crippen molar-refractivity contribution in [3.8, 4) is 11.1 Å². The number of rotatable bonds is 6. The van der Waals surface area contributed by atoms with E-state index in [-0.39, 0.29) is 24.3 Å². The number of carbonyl (C=O) groups excluding carboxylic acids is 1. The topological polar surface area (TPSA) is 62.1 Å². The van der Waals surface area contributed by atoms with E-state index < -0.39 is 11.2 Å². The minimum Gasteiger partial charge on any atom is -0.612 e. The van der Waals surface area contributed by atoms with Gasteiger partial charge in [-0.05, 0) is 58.0 Å². The lowest BCUT2D eigenvalue weighted by atomic mass is 9.94. The molecule has 6 heteroatoms. The summed E-state index contributed by atoms with van der Waals surface area (Å²) in [6.07, 6.45) is 1.91. The van der Waals surface area contributed by atoms with Gasteiger partial charge in [0.1, 0.15) is 6.26 Å². The van der Waals surface area contributed by atoms with Crippen LogP contribution >= 0.6 is 15.9 Å². The van der Waals surface area contributed by atoms with Gasteiger partial charge in [-0.3, -0.25) is 14.2 Å². The molecule has 3 aromatic carbocycles. The molecule has 1 unspecified atom stereocenters. The van der Waals surface area contributed by atoms with Crippen LogP contribution in [-0.2, 0) is 17.7 Å². The first kappa shape index (κ1) is 22.5. The number of ketones is 1. The normalized spacial score (nSPS) is 12.1. The molecule has 0 bridgehead atoms. The molecule has 0 spiro atoms. The van der Waals surface area contributed by atoms with Gasteiger partial charge in [0.05, 0.1) is 12.2 Å². The lowest BCUT2D eigenvalue weighted by molar-refractivity contribution is 0.0979. The molecular weight excluding hydrogens is 486 g/mol. The summed E-state index contributed by atoms with van der Waals surface area (Å²) >= 11 is 2.44. The van der Waals surface area contributed by atoms with Crippen LogP contribution in [-0.4, -0.2) is 21.2 Å². The van der Waals surface area contributed by atoms with Gasteiger partial charge in [0.15, 0.2) is 10.7 Å². The third-order valence-electron chi connectivity index (χ3n) is 5.48. The molecule has 0 aliphatic rings. The minimum absolute atomic E-state index is 0.0888. The number of carbonyl (C=O) groups is 1. The van der Waals surface area contributed by atoms with Crippen molar-refractivity contribution < 1.29 is 9.35 Å². The van der Waals surface area contributed by atoms with E-state index in [1.165, 1.54) is 0 Å². The zero-order valence-electron chi connectivity index (χ0n) is 17.8. The van der Waals surface area contributed by atoms with Crippen LogP contribution in [0.2, 0.25) is 0 Å². The number of hydrogen-bond donors (Lipinski definition) is 0. The first-order chi connectivity index (χ1) is 15.4. The lowest BCUT2D eigenvalue weighted by Crippen LogP contribution is -2.28. The molecule has 4 nitrogen and oxygen atoms in total. The molecule has 0 saturated carbocycles.